The van der Waals surface area contributed by atoms with Crippen LogP contribution in [0.1, 0.15) is 19.8 Å². The molecule has 0 aromatic rings. The normalized spacial score (nSPS) is 14.1. The third kappa shape index (κ3) is 12.9. The maximum absolute atomic E-state index is 11.6. The van der Waals surface area contributed by atoms with Crippen LogP contribution in [0.15, 0.2) is 36.5 Å². The first-order chi connectivity index (χ1) is 9.74. The molecule has 0 aromatic carbocycles. The summed E-state index contributed by atoms with van der Waals surface area (Å²) in [6, 6.07) is 0. The van der Waals surface area contributed by atoms with E-state index in [9.17, 15) is 14.7 Å². The lowest BCUT2D eigenvalue weighted by Gasteiger charge is -2.28. The van der Waals surface area contributed by atoms with Crippen LogP contribution in [0, 0.1) is 0 Å². The van der Waals surface area contributed by atoms with Crippen molar-refractivity contribution < 1.29 is 23.9 Å². The molecule has 0 rings (SSSR count). The summed E-state index contributed by atoms with van der Waals surface area (Å²) in [4.78, 5) is 22.3. The van der Waals surface area contributed by atoms with Gasteiger partial charge in [-0.25, -0.2) is 4.79 Å². The number of ether oxygens (including phenoxy) is 1. The Balaban J connectivity index is 4.42. The number of likely N-dealkylation sites (N-methyl/N-ethyl adjacent to an activating group) is 1. The van der Waals surface area contributed by atoms with Crippen molar-refractivity contribution in [3.05, 3.63) is 36.5 Å². The smallest absolute Gasteiger partial charge is 0.331 e. The number of aliphatic carboxylic acids is 1. The van der Waals surface area contributed by atoms with Crippen LogP contribution in [-0.2, 0) is 14.3 Å². The Labute approximate surface area is 126 Å². The SMILES string of the molecule is C/C=C/C/C=C/C=C/C(=O)OC(CC(=O)[O-])C[N+](C)(C)C. The zero-order valence-corrected chi connectivity index (χ0v) is 13.2. The predicted molar refractivity (Wildman–Crippen MR) is 80.1 cm³/mol. The van der Waals surface area contributed by atoms with Gasteiger partial charge in [0, 0.05) is 18.5 Å². The number of carbonyl (C=O) groups excluding carboxylic acids is 2. The van der Waals surface area contributed by atoms with Crippen LogP contribution in [0.2, 0.25) is 0 Å². The van der Waals surface area contributed by atoms with E-state index in [1.54, 1.807) is 12.2 Å². The Bertz CT molecular complexity index is 416. The van der Waals surface area contributed by atoms with Crippen LogP contribution in [-0.4, -0.2) is 50.2 Å². The Hall–Kier alpha value is -1.88. The lowest BCUT2D eigenvalue weighted by molar-refractivity contribution is -0.873. The summed E-state index contributed by atoms with van der Waals surface area (Å²) in [5.74, 6) is -1.78. The molecule has 0 aliphatic rings. The van der Waals surface area contributed by atoms with Crippen molar-refractivity contribution >= 4 is 11.9 Å². The van der Waals surface area contributed by atoms with E-state index in [-0.39, 0.29) is 6.42 Å². The van der Waals surface area contributed by atoms with E-state index >= 15 is 0 Å². The molecule has 0 radical (unpaired) electrons. The van der Waals surface area contributed by atoms with Gasteiger partial charge in [0.05, 0.1) is 21.1 Å². The second-order valence-corrected chi connectivity index (χ2v) is 5.70. The van der Waals surface area contributed by atoms with E-state index in [4.69, 9.17) is 4.74 Å². The lowest BCUT2D eigenvalue weighted by atomic mass is 10.2. The number of esters is 1. The minimum atomic E-state index is -1.23. The van der Waals surface area contributed by atoms with E-state index in [0.717, 1.165) is 6.42 Å². The molecule has 5 nitrogen and oxygen atoms in total. The second kappa shape index (κ2) is 9.94. The Kier molecular flexibility index (Phi) is 9.05. The van der Waals surface area contributed by atoms with Gasteiger partial charge in [-0.3, -0.25) is 0 Å². The van der Waals surface area contributed by atoms with Crippen LogP contribution in [0.25, 0.3) is 0 Å². The van der Waals surface area contributed by atoms with Crippen molar-refractivity contribution in [1.29, 1.82) is 0 Å². The molecule has 0 aromatic heterocycles. The zero-order valence-electron chi connectivity index (χ0n) is 13.2. The maximum atomic E-state index is 11.6. The Morgan fingerprint density at radius 1 is 1.19 bits per heavy atom. The summed E-state index contributed by atoms with van der Waals surface area (Å²) < 4.78 is 5.65. The molecule has 0 fully saturated rings. The first kappa shape index (κ1) is 19.1. The van der Waals surface area contributed by atoms with Crippen molar-refractivity contribution in [1.82, 2.24) is 0 Å². The molecular formula is C16H25NO4. The zero-order chi connectivity index (χ0) is 16.3. The van der Waals surface area contributed by atoms with Crippen molar-refractivity contribution in [2.45, 2.75) is 25.9 Å². The summed E-state index contributed by atoms with van der Waals surface area (Å²) in [6.07, 6.45) is 10.2. The number of carbonyl (C=O) groups is 2. The summed E-state index contributed by atoms with van der Waals surface area (Å²) in [7, 11) is 5.70. The monoisotopic (exact) mass is 295 g/mol. The highest BCUT2D eigenvalue weighted by molar-refractivity contribution is 5.82. The van der Waals surface area contributed by atoms with Gasteiger partial charge in [0.1, 0.15) is 6.54 Å². The molecule has 118 valence electrons. The first-order valence-electron chi connectivity index (χ1n) is 6.90. The average Bonchev–Trinajstić information content (AvgIpc) is 2.30. The number of hydrogen-bond acceptors (Lipinski definition) is 4. The number of allylic oxidation sites excluding steroid dienone is 5. The van der Waals surface area contributed by atoms with Gasteiger partial charge in [-0.1, -0.05) is 30.4 Å². The van der Waals surface area contributed by atoms with E-state index < -0.39 is 18.0 Å². The third-order valence-corrected chi connectivity index (χ3v) is 2.42. The van der Waals surface area contributed by atoms with Crippen molar-refractivity contribution in [2.24, 2.45) is 0 Å². The molecule has 21 heavy (non-hydrogen) atoms. The summed E-state index contributed by atoms with van der Waals surface area (Å²) in [6.45, 7) is 2.34. The summed E-state index contributed by atoms with van der Waals surface area (Å²) >= 11 is 0. The van der Waals surface area contributed by atoms with Crippen molar-refractivity contribution in [3.63, 3.8) is 0 Å². The average molecular weight is 295 g/mol. The van der Waals surface area contributed by atoms with Crippen molar-refractivity contribution in [3.8, 4) is 0 Å². The minimum absolute atomic E-state index is 0.299. The fourth-order valence-corrected chi connectivity index (χ4v) is 1.65. The molecule has 1 atom stereocenters. The highest BCUT2D eigenvalue weighted by Crippen LogP contribution is 2.05. The first-order valence-corrected chi connectivity index (χ1v) is 6.90. The maximum Gasteiger partial charge on any atom is 0.331 e. The van der Waals surface area contributed by atoms with Crippen LogP contribution in [0.5, 0.6) is 0 Å². The summed E-state index contributed by atoms with van der Waals surface area (Å²) in [5.41, 5.74) is 0. The molecule has 0 aliphatic heterocycles. The number of rotatable bonds is 9. The van der Waals surface area contributed by atoms with E-state index in [0.29, 0.717) is 11.0 Å². The van der Waals surface area contributed by atoms with E-state index in [2.05, 4.69) is 0 Å². The van der Waals surface area contributed by atoms with Gasteiger partial charge in [0.2, 0.25) is 0 Å². The van der Waals surface area contributed by atoms with Gasteiger partial charge >= 0.3 is 5.97 Å². The molecule has 0 saturated carbocycles. The van der Waals surface area contributed by atoms with Gasteiger partial charge in [0.15, 0.2) is 6.10 Å². The summed E-state index contributed by atoms with van der Waals surface area (Å²) in [5, 5.41) is 10.7. The van der Waals surface area contributed by atoms with E-state index in [1.807, 2.05) is 46.3 Å². The topological polar surface area (TPSA) is 66.4 Å². The van der Waals surface area contributed by atoms with Crippen LogP contribution >= 0.6 is 0 Å². The van der Waals surface area contributed by atoms with Gasteiger partial charge < -0.3 is 19.1 Å². The number of quaternary nitrogens is 1. The molecule has 0 spiro atoms. The number of hydrogen-bond donors (Lipinski definition) is 0. The fourth-order valence-electron chi connectivity index (χ4n) is 1.65. The van der Waals surface area contributed by atoms with E-state index in [1.165, 1.54) is 6.08 Å². The predicted octanol–water partition coefficient (Wildman–Crippen LogP) is 0.823. The number of carboxylic acid groups (broad SMARTS) is 1. The standard InChI is InChI=1S/C16H25NO4/c1-5-6-7-8-9-10-11-16(20)21-14(12-15(18)19)13-17(2,3)4/h5-6,8-11,14H,7,12-13H2,1-4H3/b6-5+,9-8+,11-10+. The highest BCUT2D eigenvalue weighted by Gasteiger charge is 2.21. The third-order valence-electron chi connectivity index (χ3n) is 2.42. The van der Waals surface area contributed by atoms with Gasteiger partial charge in [-0.05, 0) is 13.3 Å². The largest absolute Gasteiger partial charge is 0.550 e. The molecule has 0 N–H and O–H groups in total. The van der Waals surface area contributed by atoms with Crippen LogP contribution < -0.4 is 5.11 Å². The fraction of sp³-hybridized carbons (Fsp3) is 0.500. The minimum Gasteiger partial charge on any atom is -0.550 e. The van der Waals surface area contributed by atoms with Crippen LogP contribution in [0.3, 0.4) is 0 Å². The quantitative estimate of drug-likeness (QED) is 0.208. The molecule has 0 bridgehead atoms. The molecule has 0 heterocycles. The molecule has 5 heteroatoms. The molecule has 1 unspecified atom stereocenters. The number of carboxylic acids is 1. The van der Waals surface area contributed by atoms with Gasteiger partial charge in [-0.2, -0.15) is 0 Å². The molecule has 0 aliphatic carbocycles. The van der Waals surface area contributed by atoms with Gasteiger partial charge in [0.25, 0.3) is 0 Å². The number of nitrogens with zero attached hydrogens (tertiary/aromatic N) is 1. The van der Waals surface area contributed by atoms with Gasteiger partial charge in [-0.15, -0.1) is 0 Å². The van der Waals surface area contributed by atoms with Crippen molar-refractivity contribution in [2.75, 3.05) is 27.7 Å². The lowest BCUT2D eigenvalue weighted by Crippen LogP contribution is -2.45. The Morgan fingerprint density at radius 3 is 2.38 bits per heavy atom. The highest BCUT2D eigenvalue weighted by atomic mass is 16.5. The van der Waals surface area contributed by atoms with Crippen LogP contribution in [0.4, 0.5) is 0 Å². The molecular weight excluding hydrogens is 270 g/mol. The Morgan fingerprint density at radius 2 is 1.86 bits per heavy atom. The second-order valence-electron chi connectivity index (χ2n) is 5.70. The molecule has 0 amide bonds. The molecule has 0 saturated heterocycles.